The molecule has 1 unspecified atom stereocenters. The van der Waals surface area contributed by atoms with Gasteiger partial charge < -0.3 is 10.5 Å². The molecule has 21 heavy (non-hydrogen) atoms. The summed E-state index contributed by atoms with van der Waals surface area (Å²) in [7, 11) is 0. The van der Waals surface area contributed by atoms with Gasteiger partial charge in [0.05, 0.1) is 6.61 Å². The van der Waals surface area contributed by atoms with Crippen LogP contribution in [0.3, 0.4) is 0 Å². The van der Waals surface area contributed by atoms with Gasteiger partial charge in [0, 0.05) is 13.0 Å². The van der Waals surface area contributed by atoms with E-state index in [-0.39, 0.29) is 6.54 Å². The molecule has 1 aliphatic heterocycles. The molecule has 0 aliphatic carbocycles. The fourth-order valence-corrected chi connectivity index (χ4v) is 2.84. The van der Waals surface area contributed by atoms with Gasteiger partial charge in [-0.05, 0) is 35.6 Å². The van der Waals surface area contributed by atoms with Crippen molar-refractivity contribution >= 4 is 0 Å². The second-order valence-electron chi connectivity index (χ2n) is 5.58. The molecule has 0 saturated heterocycles. The Kier molecular flexibility index (Phi) is 3.93. The summed E-state index contributed by atoms with van der Waals surface area (Å²) in [6, 6.07) is 15.4. The van der Waals surface area contributed by atoms with E-state index in [4.69, 9.17) is 10.5 Å². The Bertz CT molecular complexity index is 614. The van der Waals surface area contributed by atoms with Crippen LogP contribution in [-0.4, -0.2) is 13.2 Å². The van der Waals surface area contributed by atoms with Crippen LogP contribution in [0.5, 0.6) is 5.75 Å². The highest BCUT2D eigenvalue weighted by Gasteiger charge is 2.29. The van der Waals surface area contributed by atoms with Crippen molar-refractivity contribution in [1.82, 2.24) is 0 Å². The Morgan fingerprint density at radius 2 is 1.95 bits per heavy atom. The highest BCUT2D eigenvalue weighted by atomic mass is 19.1. The molecule has 3 heteroatoms. The van der Waals surface area contributed by atoms with Crippen molar-refractivity contribution in [1.29, 1.82) is 0 Å². The molecule has 1 aliphatic rings. The van der Waals surface area contributed by atoms with Crippen molar-refractivity contribution in [2.75, 3.05) is 13.2 Å². The van der Waals surface area contributed by atoms with Crippen LogP contribution in [0.4, 0.5) is 4.39 Å². The van der Waals surface area contributed by atoms with Gasteiger partial charge >= 0.3 is 0 Å². The van der Waals surface area contributed by atoms with Gasteiger partial charge in [-0.3, -0.25) is 0 Å². The van der Waals surface area contributed by atoms with Crippen molar-refractivity contribution < 1.29 is 9.13 Å². The van der Waals surface area contributed by atoms with Gasteiger partial charge in [-0.15, -0.1) is 0 Å². The molecule has 2 aromatic rings. The molecule has 2 aromatic carbocycles. The lowest BCUT2D eigenvalue weighted by molar-refractivity contribution is 0.161. The molecule has 0 fully saturated rings. The van der Waals surface area contributed by atoms with E-state index >= 15 is 4.39 Å². The van der Waals surface area contributed by atoms with Gasteiger partial charge in [-0.1, -0.05) is 42.5 Å². The first-order chi connectivity index (χ1) is 10.2. The molecule has 1 atom stereocenters. The summed E-state index contributed by atoms with van der Waals surface area (Å²) in [5.41, 5.74) is 7.27. The molecule has 0 spiro atoms. The number of hydrogen-bond donors (Lipinski definition) is 1. The minimum absolute atomic E-state index is 0.00502. The summed E-state index contributed by atoms with van der Waals surface area (Å²) >= 11 is 0. The predicted octanol–water partition coefficient (Wildman–Crippen LogP) is 3.38. The maximum Gasteiger partial charge on any atom is 0.148 e. The molecule has 2 nitrogen and oxygen atoms in total. The van der Waals surface area contributed by atoms with Crippen molar-refractivity contribution in [2.24, 2.45) is 5.73 Å². The Morgan fingerprint density at radius 1 is 1.14 bits per heavy atom. The smallest absolute Gasteiger partial charge is 0.148 e. The van der Waals surface area contributed by atoms with Crippen LogP contribution < -0.4 is 10.5 Å². The Balaban J connectivity index is 1.73. The van der Waals surface area contributed by atoms with Gasteiger partial charge in [-0.25, -0.2) is 4.39 Å². The molecule has 1 heterocycles. The molecule has 3 rings (SSSR count). The minimum Gasteiger partial charge on any atom is -0.493 e. The molecule has 0 aromatic heterocycles. The molecular weight excluding hydrogens is 265 g/mol. The zero-order valence-electron chi connectivity index (χ0n) is 12.0. The van der Waals surface area contributed by atoms with Crippen LogP contribution in [-0.2, 0) is 18.5 Å². The van der Waals surface area contributed by atoms with E-state index in [1.807, 2.05) is 42.5 Å². The molecular formula is C18H20FNO. The number of rotatable bonds is 5. The number of alkyl halides is 1. The summed E-state index contributed by atoms with van der Waals surface area (Å²) < 4.78 is 20.6. The largest absolute Gasteiger partial charge is 0.493 e. The number of nitrogens with two attached hydrogens (primary N) is 1. The molecule has 0 radical (unpaired) electrons. The maximum absolute atomic E-state index is 15.1. The van der Waals surface area contributed by atoms with Crippen LogP contribution in [0.15, 0.2) is 48.5 Å². The van der Waals surface area contributed by atoms with Gasteiger partial charge in [0.15, 0.2) is 0 Å². The Labute approximate surface area is 124 Å². The summed E-state index contributed by atoms with van der Waals surface area (Å²) in [5, 5.41) is 0. The molecule has 110 valence electrons. The third-order valence-corrected chi connectivity index (χ3v) is 4.18. The van der Waals surface area contributed by atoms with E-state index in [1.165, 1.54) is 5.56 Å². The van der Waals surface area contributed by atoms with Gasteiger partial charge in [0.25, 0.3) is 0 Å². The van der Waals surface area contributed by atoms with Crippen molar-refractivity contribution in [3.8, 4) is 5.75 Å². The SMILES string of the molecule is NCC(F)(CCc1ccc2c(c1)CCO2)c1ccccc1. The standard InChI is InChI=1S/C18H20FNO/c19-18(13-20,16-4-2-1-3-5-16)10-8-14-6-7-17-15(12-14)9-11-21-17/h1-7,12H,8-11,13,20H2. The van der Waals surface area contributed by atoms with Crippen molar-refractivity contribution in [2.45, 2.75) is 24.9 Å². The van der Waals surface area contributed by atoms with Crippen LogP contribution >= 0.6 is 0 Å². The average Bonchev–Trinajstić information content (AvgIpc) is 3.01. The number of aryl methyl sites for hydroxylation is 1. The van der Waals surface area contributed by atoms with E-state index in [1.54, 1.807) is 0 Å². The van der Waals surface area contributed by atoms with E-state index < -0.39 is 5.67 Å². The second kappa shape index (κ2) is 5.86. The molecule has 2 N–H and O–H groups in total. The number of benzene rings is 2. The lowest BCUT2D eigenvalue weighted by Crippen LogP contribution is -2.31. The van der Waals surface area contributed by atoms with Crippen LogP contribution in [0.25, 0.3) is 0 Å². The van der Waals surface area contributed by atoms with Crippen LogP contribution in [0, 0.1) is 0 Å². The van der Waals surface area contributed by atoms with Gasteiger partial charge in [-0.2, -0.15) is 0 Å². The third kappa shape index (κ3) is 2.93. The van der Waals surface area contributed by atoms with E-state index in [9.17, 15) is 0 Å². The van der Waals surface area contributed by atoms with Crippen LogP contribution in [0.2, 0.25) is 0 Å². The summed E-state index contributed by atoms with van der Waals surface area (Å²) in [5.74, 6) is 0.965. The highest BCUT2D eigenvalue weighted by Crippen LogP contribution is 2.32. The predicted molar refractivity (Wildman–Crippen MR) is 82.2 cm³/mol. The first kappa shape index (κ1) is 14.1. The monoisotopic (exact) mass is 285 g/mol. The fourth-order valence-electron chi connectivity index (χ4n) is 2.84. The van der Waals surface area contributed by atoms with Crippen molar-refractivity contribution in [3.05, 3.63) is 65.2 Å². The van der Waals surface area contributed by atoms with E-state index in [2.05, 4.69) is 6.07 Å². The van der Waals surface area contributed by atoms with Gasteiger partial charge in [0.2, 0.25) is 0 Å². The number of halogens is 1. The van der Waals surface area contributed by atoms with E-state index in [0.717, 1.165) is 24.3 Å². The quantitative estimate of drug-likeness (QED) is 0.914. The molecule has 0 saturated carbocycles. The Morgan fingerprint density at radius 3 is 2.71 bits per heavy atom. The highest BCUT2D eigenvalue weighted by molar-refractivity contribution is 5.40. The number of fused-ring (bicyclic) bond motifs is 1. The third-order valence-electron chi connectivity index (χ3n) is 4.18. The lowest BCUT2D eigenvalue weighted by atomic mass is 9.89. The van der Waals surface area contributed by atoms with E-state index in [0.29, 0.717) is 18.4 Å². The zero-order chi connectivity index (χ0) is 14.7. The van der Waals surface area contributed by atoms with Crippen molar-refractivity contribution in [3.63, 3.8) is 0 Å². The molecule has 0 bridgehead atoms. The fraction of sp³-hybridized carbons (Fsp3) is 0.333. The van der Waals surface area contributed by atoms with Gasteiger partial charge in [0.1, 0.15) is 11.4 Å². The maximum atomic E-state index is 15.1. The Hall–Kier alpha value is -1.87. The lowest BCUT2D eigenvalue weighted by Gasteiger charge is -2.24. The molecule has 0 amide bonds. The zero-order valence-corrected chi connectivity index (χ0v) is 12.0. The number of hydrogen-bond acceptors (Lipinski definition) is 2. The number of ether oxygens (including phenoxy) is 1. The minimum atomic E-state index is -1.46. The average molecular weight is 285 g/mol. The second-order valence-corrected chi connectivity index (χ2v) is 5.58. The summed E-state index contributed by atoms with van der Waals surface area (Å²) in [4.78, 5) is 0. The van der Waals surface area contributed by atoms with Crippen LogP contribution in [0.1, 0.15) is 23.1 Å². The first-order valence-electron chi connectivity index (χ1n) is 7.40. The summed E-state index contributed by atoms with van der Waals surface area (Å²) in [6.45, 7) is 0.754. The normalized spacial score (nSPS) is 16.1. The summed E-state index contributed by atoms with van der Waals surface area (Å²) in [6.07, 6.45) is 2.02. The first-order valence-corrected chi connectivity index (χ1v) is 7.40. The topological polar surface area (TPSA) is 35.2 Å².